The molecule has 1 aromatic carbocycles. The minimum atomic E-state index is 0.130. The fourth-order valence-electron chi connectivity index (χ4n) is 4.17. The van der Waals surface area contributed by atoms with Crippen LogP contribution in [0.3, 0.4) is 0 Å². The van der Waals surface area contributed by atoms with E-state index in [9.17, 15) is 4.79 Å². The molecular formula is C21H23N5O. The number of piperidine rings is 1. The van der Waals surface area contributed by atoms with Crippen LogP contribution < -0.4 is 4.90 Å². The fraction of sp³-hybridized carbons (Fsp3) is 0.381. The lowest BCUT2D eigenvalue weighted by molar-refractivity contribution is 0.0712. The van der Waals surface area contributed by atoms with Gasteiger partial charge in [0, 0.05) is 48.6 Å². The molecule has 0 bridgehead atoms. The van der Waals surface area contributed by atoms with E-state index in [1.54, 1.807) is 6.33 Å². The van der Waals surface area contributed by atoms with Crippen molar-refractivity contribution in [2.45, 2.75) is 37.8 Å². The number of anilines is 1. The summed E-state index contributed by atoms with van der Waals surface area (Å²) >= 11 is 0. The highest BCUT2D eigenvalue weighted by atomic mass is 16.2. The molecule has 2 fully saturated rings. The Labute approximate surface area is 158 Å². The zero-order valence-electron chi connectivity index (χ0n) is 15.2. The number of amides is 1. The lowest BCUT2D eigenvalue weighted by Gasteiger charge is -2.39. The van der Waals surface area contributed by atoms with Crippen LogP contribution in [0.1, 0.15) is 36.0 Å². The first kappa shape index (κ1) is 16.3. The minimum Gasteiger partial charge on any atom is -0.361 e. The highest BCUT2D eigenvalue weighted by molar-refractivity contribution is 5.98. The Hall–Kier alpha value is -2.89. The van der Waals surface area contributed by atoms with Crippen molar-refractivity contribution in [3.8, 4) is 0 Å². The monoisotopic (exact) mass is 361 g/mol. The number of H-pyrrole nitrogens is 1. The van der Waals surface area contributed by atoms with Gasteiger partial charge in [-0.25, -0.2) is 9.97 Å². The van der Waals surface area contributed by atoms with E-state index in [-0.39, 0.29) is 5.91 Å². The topological polar surface area (TPSA) is 65.1 Å². The predicted octanol–water partition coefficient (Wildman–Crippen LogP) is 3.23. The highest BCUT2D eigenvalue weighted by Crippen LogP contribution is 2.35. The van der Waals surface area contributed by atoms with Gasteiger partial charge in [0.2, 0.25) is 0 Å². The quantitative estimate of drug-likeness (QED) is 0.775. The number of fused-ring (bicyclic) bond motifs is 1. The Balaban J connectivity index is 1.28. The standard InChI is InChI=1S/C21H23N5O/c27-21(16-2-1-15-5-10-23-19(15)13-16)25-11-7-18(8-12-25)26(17-3-4-17)20-6-9-22-14-24-20/h1-2,5-6,9-10,13-14,17-18,23H,3-4,7-8,11-12H2. The van der Waals surface area contributed by atoms with E-state index in [0.717, 1.165) is 48.2 Å². The van der Waals surface area contributed by atoms with Crippen LogP contribution in [0.25, 0.3) is 10.9 Å². The third kappa shape index (κ3) is 3.16. The number of hydrogen-bond acceptors (Lipinski definition) is 4. The van der Waals surface area contributed by atoms with Gasteiger partial charge in [0.05, 0.1) is 0 Å². The van der Waals surface area contributed by atoms with Crippen LogP contribution in [0.4, 0.5) is 5.82 Å². The third-order valence-corrected chi connectivity index (χ3v) is 5.72. The number of hydrogen-bond donors (Lipinski definition) is 1. The normalized spacial score (nSPS) is 18.0. The second-order valence-electron chi connectivity index (χ2n) is 7.51. The number of nitrogens with one attached hydrogen (secondary N) is 1. The van der Waals surface area contributed by atoms with Gasteiger partial charge in [-0.15, -0.1) is 0 Å². The van der Waals surface area contributed by atoms with Gasteiger partial charge in [-0.05, 0) is 55.3 Å². The van der Waals surface area contributed by atoms with Crippen molar-refractivity contribution in [3.63, 3.8) is 0 Å². The van der Waals surface area contributed by atoms with Crippen molar-refractivity contribution in [1.29, 1.82) is 0 Å². The molecule has 3 aromatic rings. The zero-order valence-corrected chi connectivity index (χ0v) is 15.2. The average molecular weight is 361 g/mol. The molecule has 1 saturated heterocycles. The summed E-state index contributed by atoms with van der Waals surface area (Å²) in [5.41, 5.74) is 1.78. The summed E-state index contributed by atoms with van der Waals surface area (Å²) in [5, 5.41) is 1.13. The summed E-state index contributed by atoms with van der Waals surface area (Å²) in [6, 6.07) is 11.0. The SMILES string of the molecule is O=C(c1ccc2cc[nH]c2c1)N1CCC(N(c2ccncn2)C2CC2)CC1. The van der Waals surface area contributed by atoms with Gasteiger partial charge in [-0.1, -0.05) is 6.07 Å². The molecule has 2 aliphatic rings. The summed E-state index contributed by atoms with van der Waals surface area (Å²) < 4.78 is 0. The van der Waals surface area contributed by atoms with E-state index >= 15 is 0 Å². The first-order chi connectivity index (χ1) is 13.3. The van der Waals surface area contributed by atoms with Crippen molar-refractivity contribution >= 4 is 22.6 Å². The van der Waals surface area contributed by atoms with Crippen molar-refractivity contribution in [2.75, 3.05) is 18.0 Å². The van der Waals surface area contributed by atoms with Gasteiger partial charge in [-0.3, -0.25) is 4.79 Å². The van der Waals surface area contributed by atoms with Crippen LogP contribution in [0.15, 0.2) is 49.1 Å². The molecule has 0 atom stereocenters. The maximum absolute atomic E-state index is 12.9. The van der Waals surface area contributed by atoms with E-state index in [1.807, 2.05) is 47.6 Å². The van der Waals surface area contributed by atoms with Crippen molar-refractivity contribution in [2.24, 2.45) is 0 Å². The first-order valence-electron chi connectivity index (χ1n) is 9.70. The van der Waals surface area contributed by atoms with E-state index < -0.39 is 0 Å². The van der Waals surface area contributed by atoms with Gasteiger partial charge in [0.15, 0.2) is 0 Å². The maximum Gasteiger partial charge on any atom is 0.253 e. The molecule has 1 aliphatic heterocycles. The molecule has 1 saturated carbocycles. The highest BCUT2D eigenvalue weighted by Gasteiger charge is 2.37. The lowest BCUT2D eigenvalue weighted by atomic mass is 10.0. The molecule has 0 unspecified atom stereocenters. The number of aromatic nitrogens is 3. The summed E-state index contributed by atoms with van der Waals surface area (Å²) in [7, 11) is 0. The third-order valence-electron chi connectivity index (χ3n) is 5.72. The summed E-state index contributed by atoms with van der Waals surface area (Å²) in [4.78, 5) is 29.1. The molecular weight excluding hydrogens is 338 g/mol. The molecule has 0 radical (unpaired) electrons. The Morgan fingerprint density at radius 1 is 1.07 bits per heavy atom. The Kier molecular flexibility index (Phi) is 4.03. The second kappa shape index (κ2) is 6.68. The predicted molar refractivity (Wildman–Crippen MR) is 105 cm³/mol. The molecule has 27 heavy (non-hydrogen) atoms. The van der Waals surface area contributed by atoms with Crippen molar-refractivity contribution in [3.05, 3.63) is 54.6 Å². The number of nitrogens with zero attached hydrogens (tertiary/aromatic N) is 4. The zero-order chi connectivity index (χ0) is 18.2. The van der Waals surface area contributed by atoms with E-state index in [4.69, 9.17) is 0 Å². The molecule has 6 nitrogen and oxygen atoms in total. The first-order valence-corrected chi connectivity index (χ1v) is 9.70. The molecule has 2 aromatic heterocycles. The largest absolute Gasteiger partial charge is 0.361 e. The molecule has 0 spiro atoms. The van der Waals surface area contributed by atoms with Crippen LogP contribution in [-0.2, 0) is 0 Å². The van der Waals surface area contributed by atoms with E-state index in [1.165, 1.54) is 12.8 Å². The lowest BCUT2D eigenvalue weighted by Crippen LogP contribution is -2.48. The van der Waals surface area contributed by atoms with Crippen LogP contribution >= 0.6 is 0 Å². The number of carbonyl (C=O) groups excluding carboxylic acids is 1. The van der Waals surface area contributed by atoms with Crippen LogP contribution in [-0.4, -0.2) is 50.9 Å². The van der Waals surface area contributed by atoms with Gasteiger partial charge < -0.3 is 14.8 Å². The summed E-state index contributed by atoms with van der Waals surface area (Å²) in [6.07, 6.45) is 9.78. The smallest absolute Gasteiger partial charge is 0.253 e. The Bertz CT molecular complexity index is 941. The summed E-state index contributed by atoms with van der Waals surface area (Å²) in [5.74, 6) is 1.15. The van der Waals surface area contributed by atoms with Crippen LogP contribution in [0, 0.1) is 0 Å². The summed E-state index contributed by atoms with van der Waals surface area (Å²) in [6.45, 7) is 1.58. The molecule has 1 aliphatic carbocycles. The fourth-order valence-corrected chi connectivity index (χ4v) is 4.17. The van der Waals surface area contributed by atoms with E-state index in [0.29, 0.717) is 12.1 Å². The van der Waals surface area contributed by atoms with Gasteiger partial charge in [0.25, 0.3) is 5.91 Å². The average Bonchev–Trinajstić information content (AvgIpc) is 3.44. The van der Waals surface area contributed by atoms with Gasteiger partial charge in [0.1, 0.15) is 12.1 Å². The number of likely N-dealkylation sites (tertiary alicyclic amines) is 1. The molecule has 6 heteroatoms. The number of rotatable bonds is 4. The van der Waals surface area contributed by atoms with Crippen molar-refractivity contribution < 1.29 is 4.79 Å². The molecule has 3 heterocycles. The maximum atomic E-state index is 12.9. The molecule has 138 valence electrons. The Morgan fingerprint density at radius 3 is 2.63 bits per heavy atom. The van der Waals surface area contributed by atoms with E-state index in [2.05, 4.69) is 19.9 Å². The molecule has 1 amide bonds. The molecule has 5 rings (SSSR count). The van der Waals surface area contributed by atoms with Gasteiger partial charge >= 0.3 is 0 Å². The van der Waals surface area contributed by atoms with Crippen molar-refractivity contribution in [1.82, 2.24) is 19.9 Å². The van der Waals surface area contributed by atoms with Crippen LogP contribution in [0.5, 0.6) is 0 Å². The molecule has 1 N–H and O–H groups in total. The minimum absolute atomic E-state index is 0.130. The number of benzene rings is 1. The van der Waals surface area contributed by atoms with Gasteiger partial charge in [-0.2, -0.15) is 0 Å². The number of aromatic amines is 1. The van der Waals surface area contributed by atoms with Crippen LogP contribution in [0.2, 0.25) is 0 Å². The second-order valence-corrected chi connectivity index (χ2v) is 7.51. The Morgan fingerprint density at radius 2 is 1.89 bits per heavy atom. The number of carbonyl (C=O) groups is 1.